The van der Waals surface area contributed by atoms with Gasteiger partial charge in [-0.25, -0.2) is 9.98 Å². The van der Waals surface area contributed by atoms with E-state index in [1.54, 1.807) is 30.5 Å². The topological polar surface area (TPSA) is 58.5 Å². The van der Waals surface area contributed by atoms with Gasteiger partial charge in [0.2, 0.25) is 0 Å². The van der Waals surface area contributed by atoms with Gasteiger partial charge in [-0.05, 0) is 36.1 Å². The van der Waals surface area contributed by atoms with Crippen LogP contribution in [-0.2, 0) is 24.3 Å². The molecule has 0 saturated heterocycles. The molecular formula is C20H25ClF3IN4O. The number of alkyl halides is 3. The molecule has 0 radical (unpaired) electrons. The number of rotatable bonds is 9. The Morgan fingerprint density at radius 2 is 1.90 bits per heavy atom. The summed E-state index contributed by atoms with van der Waals surface area (Å²) < 4.78 is 41.3. The average molecular weight is 557 g/mol. The largest absolute Gasteiger partial charge is 0.411 e. The van der Waals surface area contributed by atoms with E-state index in [0.717, 1.165) is 17.5 Å². The third-order valence-corrected chi connectivity index (χ3v) is 4.01. The second kappa shape index (κ2) is 13.7. The highest BCUT2D eigenvalue weighted by atomic mass is 127. The Morgan fingerprint density at radius 3 is 2.57 bits per heavy atom. The minimum absolute atomic E-state index is 0. The molecule has 2 N–H and O–H groups in total. The standard InChI is InChI=1S/C20H24ClF3N4O.HI/c1-2-25-19(26-9-8-15-6-7-18(21)27-11-15)28-12-16-4-3-5-17(10-16)13-29-14-20(22,23)24;/h3-7,10-11H,2,8-9,12-14H2,1H3,(H2,25,26,28);1H. The van der Waals surface area contributed by atoms with Gasteiger partial charge in [-0.3, -0.25) is 0 Å². The molecule has 0 amide bonds. The first-order chi connectivity index (χ1) is 13.9. The van der Waals surface area contributed by atoms with Crippen LogP contribution < -0.4 is 10.6 Å². The van der Waals surface area contributed by atoms with E-state index in [4.69, 9.17) is 16.3 Å². The maximum atomic E-state index is 12.2. The van der Waals surface area contributed by atoms with Gasteiger partial charge in [0, 0.05) is 19.3 Å². The average Bonchev–Trinajstić information content (AvgIpc) is 2.67. The number of aromatic nitrogens is 1. The Balaban J connectivity index is 0.00000450. The lowest BCUT2D eigenvalue weighted by atomic mass is 10.1. The van der Waals surface area contributed by atoms with Gasteiger partial charge in [0.25, 0.3) is 0 Å². The van der Waals surface area contributed by atoms with Gasteiger partial charge < -0.3 is 15.4 Å². The first-order valence-electron chi connectivity index (χ1n) is 9.20. The Kier molecular flexibility index (Phi) is 12.0. The van der Waals surface area contributed by atoms with Crippen molar-refractivity contribution < 1.29 is 17.9 Å². The summed E-state index contributed by atoms with van der Waals surface area (Å²) in [5, 5.41) is 6.87. The van der Waals surface area contributed by atoms with Crippen LogP contribution in [0.5, 0.6) is 0 Å². The molecule has 0 aliphatic rings. The van der Waals surface area contributed by atoms with Gasteiger partial charge in [0.1, 0.15) is 11.8 Å². The Morgan fingerprint density at radius 1 is 1.13 bits per heavy atom. The van der Waals surface area contributed by atoms with Gasteiger partial charge in [-0.2, -0.15) is 13.2 Å². The lowest BCUT2D eigenvalue weighted by Crippen LogP contribution is -2.38. The van der Waals surface area contributed by atoms with Crippen LogP contribution in [-0.4, -0.2) is 36.8 Å². The number of guanidine groups is 1. The predicted octanol–water partition coefficient (Wildman–Crippen LogP) is 4.73. The van der Waals surface area contributed by atoms with Crippen LogP contribution in [0.25, 0.3) is 0 Å². The molecular weight excluding hydrogens is 532 g/mol. The molecule has 2 aromatic rings. The first-order valence-corrected chi connectivity index (χ1v) is 9.58. The molecule has 0 spiro atoms. The summed E-state index contributed by atoms with van der Waals surface area (Å²) in [6, 6.07) is 10.9. The van der Waals surface area contributed by atoms with Gasteiger partial charge in [-0.15, -0.1) is 24.0 Å². The molecule has 5 nitrogen and oxygen atoms in total. The molecule has 1 aromatic heterocycles. The fraction of sp³-hybridized carbons (Fsp3) is 0.400. The summed E-state index contributed by atoms with van der Waals surface area (Å²) in [6.07, 6.45) is -1.82. The quantitative estimate of drug-likeness (QED) is 0.203. The van der Waals surface area contributed by atoms with Gasteiger partial charge in [0.15, 0.2) is 5.96 Å². The van der Waals surface area contributed by atoms with E-state index in [-0.39, 0.29) is 30.6 Å². The zero-order chi connectivity index (χ0) is 21.1. The van der Waals surface area contributed by atoms with E-state index in [9.17, 15) is 13.2 Å². The van der Waals surface area contributed by atoms with Crippen LogP contribution in [0, 0.1) is 0 Å². The maximum Gasteiger partial charge on any atom is 0.411 e. The van der Waals surface area contributed by atoms with Gasteiger partial charge in [-0.1, -0.05) is 41.9 Å². The Labute approximate surface area is 196 Å². The molecule has 0 bridgehead atoms. The SMILES string of the molecule is CCNC(=NCc1cccc(COCC(F)(F)F)c1)NCCc1ccc(Cl)nc1.I. The van der Waals surface area contributed by atoms with Crippen LogP contribution in [0.4, 0.5) is 13.2 Å². The van der Waals surface area contributed by atoms with Crippen molar-refractivity contribution in [3.05, 3.63) is 64.4 Å². The number of ether oxygens (including phenoxy) is 1. The summed E-state index contributed by atoms with van der Waals surface area (Å²) in [6.45, 7) is 2.39. The second-order valence-electron chi connectivity index (χ2n) is 6.29. The van der Waals surface area contributed by atoms with Crippen LogP contribution >= 0.6 is 35.6 Å². The van der Waals surface area contributed by atoms with Crippen molar-refractivity contribution in [1.29, 1.82) is 0 Å². The lowest BCUT2D eigenvalue weighted by molar-refractivity contribution is -0.176. The fourth-order valence-corrected chi connectivity index (χ4v) is 2.61. The monoisotopic (exact) mass is 556 g/mol. The van der Waals surface area contributed by atoms with Crippen molar-refractivity contribution in [1.82, 2.24) is 15.6 Å². The molecule has 1 aromatic carbocycles. The Bertz CT molecular complexity index is 788. The number of benzene rings is 1. The zero-order valence-corrected chi connectivity index (χ0v) is 19.6. The molecule has 0 unspecified atom stereocenters. The van der Waals surface area contributed by atoms with E-state index in [0.29, 0.717) is 36.3 Å². The second-order valence-corrected chi connectivity index (χ2v) is 6.68. The molecule has 0 atom stereocenters. The van der Waals surface area contributed by atoms with E-state index in [1.165, 1.54) is 0 Å². The Hall–Kier alpha value is -1.59. The maximum absolute atomic E-state index is 12.2. The van der Waals surface area contributed by atoms with E-state index >= 15 is 0 Å². The summed E-state index contributed by atoms with van der Waals surface area (Å²) in [7, 11) is 0. The molecule has 0 saturated carbocycles. The number of halogens is 5. The molecule has 166 valence electrons. The third kappa shape index (κ3) is 11.0. The van der Waals surface area contributed by atoms with Crippen molar-refractivity contribution in [2.24, 2.45) is 4.99 Å². The molecule has 1 heterocycles. The smallest absolute Gasteiger partial charge is 0.367 e. The normalized spacial score (nSPS) is 11.7. The number of nitrogens with zero attached hydrogens (tertiary/aromatic N) is 2. The van der Waals surface area contributed by atoms with Gasteiger partial charge >= 0.3 is 6.18 Å². The summed E-state index contributed by atoms with van der Waals surface area (Å²) >= 11 is 5.78. The minimum Gasteiger partial charge on any atom is -0.367 e. The highest BCUT2D eigenvalue weighted by Crippen LogP contribution is 2.16. The summed E-state index contributed by atoms with van der Waals surface area (Å²) in [4.78, 5) is 8.58. The van der Waals surface area contributed by atoms with Crippen LogP contribution in [0.15, 0.2) is 47.6 Å². The minimum atomic E-state index is -4.32. The number of nitrogens with one attached hydrogen (secondary N) is 2. The van der Waals surface area contributed by atoms with E-state index in [2.05, 4.69) is 20.6 Å². The molecule has 30 heavy (non-hydrogen) atoms. The van der Waals surface area contributed by atoms with Crippen molar-refractivity contribution in [2.45, 2.75) is 32.7 Å². The molecule has 10 heteroatoms. The summed E-state index contributed by atoms with van der Waals surface area (Å²) in [5.41, 5.74) is 2.62. The first kappa shape index (κ1) is 26.4. The molecule has 0 aliphatic heterocycles. The number of aliphatic imine (C=N–C) groups is 1. The van der Waals surface area contributed by atoms with E-state index in [1.807, 2.05) is 19.1 Å². The number of hydrogen-bond donors (Lipinski definition) is 2. The van der Waals surface area contributed by atoms with Crippen molar-refractivity contribution >= 4 is 41.5 Å². The van der Waals surface area contributed by atoms with Crippen molar-refractivity contribution in [3.63, 3.8) is 0 Å². The van der Waals surface area contributed by atoms with E-state index < -0.39 is 12.8 Å². The fourth-order valence-electron chi connectivity index (χ4n) is 2.49. The van der Waals surface area contributed by atoms with Crippen LogP contribution in [0.1, 0.15) is 23.6 Å². The summed E-state index contributed by atoms with van der Waals surface area (Å²) in [5.74, 6) is 0.660. The molecule has 0 fully saturated rings. The number of pyridine rings is 1. The molecule has 2 rings (SSSR count). The highest BCUT2D eigenvalue weighted by Gasteiger charge is 2.27. The lowest BCUT2D eigenvalue weighted by Gasteiger charge is -2.12. The predicted molar refractivity (Wildman–Crippen MR) is 123 cm³/mol. The molecule has 0 aliphatic carbocycles. The van der Waals surface area contributed by atoms with Crippen molar-refractivity contribution in [3.8, 4) is 0 Å². The van der Waals surface area contributed by atoms with Gasteiger partial charge in [0.05, 0.1) is 13.2 Å². The highest BCUT2D eigenvalue weighted by molar-refractivity contribution is 14.0. The van der Waals surface area contributed by atoms with Crippen LogP contribution in [0.2, 0.25) is 5.15 Å². The third-order valence-electron chi connectivity index (χ3n) is 3.78. The van der Waals surface area contributed by atoms with Crippen molar-refractivity contribution in [2.75, 3.05) is 19.7 Å². The van der Waals surface area contributed by atoms with Crippen LogP contribution in [0.3, 0.4) is 0 Å². The number of hydrogen-bond acceptors (Lipinski definition) is 3. The zero-order valence-electron chi connectivity index (χ0n) is 16.5.